The minimum atomic E-state index is -0.685. The number of thioether (sulfide) groups is 1. The van der Waals surface area contributed by atoms with E-state index in [0.717, 1.165) is 11.3 Å². The number of hydrogen-bond donors (Lipinski definition) is 1. The molecule has 0 saturated carbocycles. The number of hydrogen-bond acceptors (Lipinski definition) is 4. The molecule has 1 rings (SSSR count). The maximum atomic E-state index is 11.2. The molecular formula is C11H15NO2S. The highest BCUT2D eigenvalue weighted by atomic mass is 32.2. The summed E-state index contributed by atoms with van der Waals surface area (Å²) >= 11 is 1.75. The van der Waals surface area contributed by atoms with Gasteiger partial charge in [-0.15, -0.1) is 11.8 Å². The fourth-order valence-corrected chi connectivity index (χ4v) is 1.86. The number of ether oxygens (including phenoxy) is 1. The lowest BCUT2D eigenvalue weighted by molar-refractivity contribution is -0.142. The van der Waals surface area contributed by atoms with E-state index in [1.807, 2.05) is 24.3 Å². The molecule has 1 aromatic carbocycles. The fourth-order valence-electron chi connectivity index (χ4n) is 1.20. The van der Waals surface area contributed by atoms with Crippen LogP contribution < -0.4 is 5.73 Å². The van der Waals surface area contributed by atoms with Gasteiger partial charge in [0.2, 0.25) is 0 Å². The maximum absolute atomic E-state index is 11.2. The zero-order valence-corrected chi connectivity index (χ0v) is 9.71. The van der Waals surface area contributed by atoms with Crippen LogP contribution in [0.1, 0.15) is 18.5 Å². The van der Waals surface area contributed by atoms with Gasteiger partial charge in [0.25, 0.3) is 0 Å². The third-order valence-corrected chi connectivity index (χ3v) is 2.90. The van der Waals surface area contributed by atoms with Gasteiger partial charge in [-0.25, -0.2) is 0 Å². The molecule has 0 heterocycles. The molecular weight excluding hydrogens is 210 g/mol. The van der Waals surface area contributed by atoms with Crippen LogP contribution in [0, 0.1) is 0 Å². The van der Waals surface area contributed by atoms with Gasteiger partial charge in [-0.2, -0.15) is 0 Å². The summed E-state index contributed by atoms with van der Waals surface area (Å²) in [4.78, 5) is 12.3. The van der Waals surface area contributed by atoms with Gasteiger partial charge in [0.05, 0.1) is 7.11 Å². The molecule has 1 atom stereocenters. The van der Waals surface area contributed by atoms with Gasteiger partial charge in [-0.05, 0) is 23.4 Å². The second-order valence-electron chi connectivity index (χ2n) is 3.00. The third-order valence-electron chi connectivity index (χ3n) is 2.01. The van der Waals surface area contributed by atoms with Crippen molar-refractivity contribution in [2.24, 2.45) is 5.73 Å². The molecule has 0 fully saturated rings. The van der Waals surface area contributed by atoms with Crippen molar-refractivity contribution in [2.45, 2.75) is 17.9 Å². The van der Waals surface area contributed by atoms with Crippen molar-refractivity contribution < 1.29 is 9.53 Å². The first-order chi connectivity index (χ1) is 7.19. The second kappa shape index (κ2) is 5.78. The number of nitrogens with two attached hydrogens (primary N) is 1. The average Bonchev–Trinajstić information content (AvgIpc) is 2.28. The zero-order chi connectivity index (χ0) is 11.3. The van der Waals surface area contributed by atoms with Crippen molar-refractivity contribution >= 4 is 17.7 Å². The standard InChI is InChI=1S/C11H15NO2S/c1-3-15-9-6-4-8(5-7-9)10(12)11(13)14-2/h4-7,10H,3,12H2,1-2H3/t10-/m1/s1. The molecule has 0 aliphatic rings. The van der Waals surface area contributed by atoms with Crippen molar-refractivity contribution in [1.29, 1.82) is 0 Å². The SMILES string of the molecule is CCSc1ccc([C@@H](N)C(=O)OC)cc1. The van der Waals surface area contributed by atoms with Crippen LogP contribution in [0.25, 0.3) is 0 Å². The Hall–Kier alpha value is -1.00. The maximum Gasteiger partial charge on any atom is 0.327 e. The van der Waals surface area contributed by atoms with Crippen LogP contribution in [-0.4, -0.2) is 18.8 Å². The summed E-state index contributed by atoms with van der Waals surface area (Å²) in [5.41, 5.74) is 6.47. The van der Waals surface area contributed by atoms with E-state index in [9.17, 15) is 4.79 Å². The lowest BCUT2D eigenvalue weighted by Gasteiger charge is -2.09. The molecule has 0 radical (unpaired) electrons. The Labute approximate surface area is 94.0 Å². The number of rotatable bonds is 4. The van der Waals surface area contributed by atoms with Crippen LogP contribution in [-0.2, 0) is 9.53 Å². The highest BCUT2D eigenvalue weighted by molar-refractivity contribution is 7.99. The molecule has 0 spiro atoms. The molecule has 0 aliphatic carbocycles. The van der Waals surface area contributed by atoms with E-state index >= 15 is 0 Å². The van der Waals surface area contributed by atoms with E-state index in [4.69, 9.17) is 5.73 Å². The van der Waals surface area contributed by atoms with Gasteiger partial charge in [0, 0.05) is 4.90 Å². The van der Waals surface area contributed by atoms with E-state index < -0.39 is 12.0 Å². The van der Waals surface area contributed by atoms with Crippen molar-refractivity contribution in [3.8, 4) is 0 Å². The molecule has 4 heteroatoms. The number of carbonyl (C=O) groups excluding carboxylic acids is 1. The second-order valence-corrected chi connectivity index (χ2v) is 4.34. The smallest absolute Gasteiger partial charge is 0.327 e. The summed E-state index contributed by atoms with van der Waals surface area (Å²) in [6, 6.07) is 6.97. The van der Waals surface area contributed by atoms with Crippen molar-refractivity contribution in [3.63, 3.8) is 0 Å². The van der Waals surface area contributed by atoms with Crippen LogP contribution >= 0.6 is 11.8 Å². The lowest BCUT2D eigenvalue weighted by Crippen LogP contribution is -2.22. The Balaban J connectivity index is 2.75. The summed E-state index contributed by atoms with van der Waals surface area (Å²) < 4.78 is 4.57. The van der Waals surface area contributed by atoms with E-state index in [2.05, 4.69) is 11.7 Å². The molecule has 0 bridgehead atoms. The topological polar surface area (TPSA) is 52.3 Å². The van der Waals surface area contributed by atoms with Crippen molar-refractivity contribution in [2.75, 3.05) is 12.9 Å². The van der Waals surface area contributed by atoms with Crippen LogP contribution in [0.5, 0.6) is 0 Å². The third kappa shape index (κ3) is 3.25. The molecule has 0 aliphatic heterocycles. The monoisotopic (exact) mass is 225 g/mol. The van der Waals surface area contributed by atoms with Gasteiger partial charge in [0.1, 0.15) is 6.04 Å². The molecule has 82 valence electrons. The lowest BCUT2D eigenvalue weighted by atomic mass is 10.1. The zero-order valence-electron chi connectivity index (χ0n) is 8.90. The largest absolute Gasteiger partial charge is 0.468 e. The van der Waals surface area contributed by atoms with Gasteiger partial charge >= 0.3 is 5.97 Å². The summed E-state index contributed by atoms with van der Waals surface area (Å²) in [6.07, 6.45) is 0. The Morgan fingerprint density at radius 2 is 2.07 bits per heavy atom. The normalized spacial score (nSPS) is 12.2. The molecule has 15 heavy (non-hydrogen) atoms. The predicted molar refractivity (Wildman–Crippen MR) is 61.8 cm³/mol. The molecule has 0 saturated heterocycles. The van der Waals surface area contributed by atoms with Gasteiger partial charge < -0.3 is 10.5 Å². The fraction of sp³-hybridized carbons (Fsp3) is 0.364. The Morgan fingerprint density at radius 3 is 2.53 bits per heavy atom. The first-order valence-electron chi connectivity index (χ1n) is 4.75. The van der Waals surface area contributed by atoms with Gasteiger partial charge in [-0.1, -0.05) is 19.1 Å². The highest BCUT2D eigenvalue weighted by Gasteiger charge is 2.15. The Kier molecular flexibility index (Phi) is 4.65. The van der Waals surface area contributed by atoms with Crippen molar-refractivity contribution in [3.05, 3.63) is 29.8 Å². The number of benzene rings is 1. The van der Waals surface area contributed by atoms with Gasteiger partial charge in [0.15, 0.2) is 0 Å². The van der Waals surface area contributed by atoms with E-state index in [1.165, 1.54) is 12.0 Å². The Morgan fingerprint density at radius 1 is 1.47 bits per heavy atom. The quantitative estimate of drug-likeness (QED) is 0.628. The van der Waals surface area contributed by atoms with E-state index in [0.29, 0.717) is 0 Å². The minimum absolute atomic E-state index is 0.411. The molecule has 1 aromatic rings. The predicted octanol–water partition coefficient (Wildman–Crippen LogP) is 1.97. The number of esters is 1. The molecule has 0 unspecified atom stereocenters. The van der Waals surface area contributed by atoms with E-state index in [-0.39, 0.29) is 0 Å². The molecule has 3 nitrogen and oxygen atoms in total. The molecule has 0 amide bonds. The summed E-state index contributed by atoms with van der Waals surface area (Å²) in [5, 5.41) is 0. The first kappa shape index (κ1) is 12.1. The summed E-state index contributed by atoms with van der Waals surface area (Å²) in [6.45, 7) is 2.10. The average molecular weight is 225 g/mol. The molecule has 2 N–H and O–H groups in total. The minimum Gasteiger partial charge on any atom is -0.468 e. The first-order valence-corrected chi connectivity index (χ1v) is 5.73. The Bertz CT molecular complexity index is 324. The van der Waals surface area contributed by atoms with Crippen LogP contribution in [0.3, 0.4) is 0 Å². The number of methoxy groups -OCH3 is 1. The van der Waals surface area contributed by atoms with Gasteiger partial charge in [-0.3, -0.25) is 4.79 Å². The summed E-state index contributed by atoms with van der Waals surface area (Å²) in [7, 11) is 1.34. The van der Waals surface area contributed by atoms with Crippen molar-refractivity contribution in [1.82, 2.24) is 0 Å². The summed E-state index contributed by atoms with van der Waals surface area (Å²) in [5.74, 6) is 0.619. The van der Waals surface area contributed by atoms with E-state index in [1.54, 1.807) is 11.8 Å². The van der Waals surface area contributed by atoms with Crippen LogP contribution in [0.4, 0.5) is 0 Å². The van der Waals surface area contributed by atoms with Crippen LogP contribution in [0.15, 0.2) is 29.2 Å². The highest BCUT2D eigenvalue weighted by Crippen LogP contribution is 2.20. The molecule has 0 aromatic heterocycles. The van der Waals surface area contributed by atoms with Crippen LogP contribution in [0.2, 0.25) is 0 Å². The number of carbonyl (C=O) groups is 1.